The summed E-state index contributed by atoms with van der Waals surface area (Å²) in [7, 11) is -2.11. The van der Waals surface area contributed by atoms with Crippen LogP contribution in [0.25, 0.3) is 0 Å². The molecule has 0 unspecified atom stereocenters. The van der Waals surface area contributed by atoms with E-state index in [2.05, 4.69) is 32.0 Å². The molecule has 2 N–H and O–H groups in total. The summed E-state index contributed by atoms with van der Waals surface area (Å²) in [4.78, 5) is 0.152. The lowest BCUT2D eigenvalue weighted by molar-refractivity contribution is 0.402. The Labute approximate surface area is 133 Å². The van der Waals surface area contributed by atoms with Crippen LogP contribution in [-0.2, 0) is 10.0 Å². The molecule has 0 amide bonds. The highest BCUT2D eigenvalue weighted by Gasteiger charge is 2.19. The number of hydrogen-bond donors (Lipinski definition) is 2. The second kappa shape index (κ2) is 7.40. The molecule has 116 valence electrons. The van der Waals surface area contributed by atoms with Gasteiger partial charge in [-0.15, -0.1) is 0 Å². The Morgan fingerprint density at radius 3 is 2.90 bits per heavy atom. The van der Waals surface area contributed by atoms with Crippen LogP contribution in [0.1, 0.15) is 12.8 Å². The van der Waals surface area contributed by atoms with Crippen molar-refractivity contribution in [3.63, 3.8) is 0 Å². The van der Waals surface area contributed by atoms with E-state index >= 15 is 0 Å². The fourth-order valence-corrected chi connectivity index (χ4v) is 3.92. The summed E-state index contributed by atoms with van der Waals surface area (Å²) in [6.07, 6.45) is 3.83. The van der Waals surface area contributed by atoms with Gasteiger partial charge in [-0.05, 0) is 37.6 Å². The molecule has 0 saturated heterocycles. The molecular weight excluding hydrogens is 356 g/mol. The number of sulfonamides is 1. The molecule has 0 atom stereocenters. The first-order valence-corrected chi connectivity index (χ1v) is 9.02. The highest BCUT2D eigenvalue weighted by atomic mass is 79.9. The van der Waals surface area contributed by atoms with Crippen LogP contribution in [0.3, 0.4) is 0 Å². The third-order valence-electron chi connectivity index (χ3n) is 3.31. The van der Waals surface area contributed by atoms with Gasteiger partial charge in [-0.3, -0.25) is 0 Å². The SMILES string of the molecule is COc1ccc(Br)cc1S(=O)(=O)NCCC1=CCNCC1. The zero-order chi connectivity index (χ0) is 15.3. The minimum atomic E-state index is -3.57. The molecule has 0 fully saturated rings. The van der Waals surface area contributed by atoms with Gasteiger partial charge in [0.05, 0.1) is 7.11 Å². The van der Waals surface area contributed by atoms with E-state index in [0.29, 0.717) is 16.8 Å². The van der Waals surface area contributed by atoms with Crippen LogP contribution in [-0.4, -0.2) is 35.2 Å². The van der Waals surface area contributed by atoms with E-state index < -0.39 is 10.0 Å². The van der Waals surface area contributed by atoms with Crippen molar-refractivity contribution in [1.82, 2.24) is 10.0 Å². The Hall–Kier alpha value is -0.890. The van der Waals surface area contributed by atoms with Crippen molar-refractivity contribution in [3.05, 3.63) is 34.3 Å². The molecule has 1 aromatic rings. The summed E-state index contributed by atoms with van der Waals surface area (Å²) in [6.45, 7) is 2.21. The summed E-state index contributed by atoms with van der Waals surface area (Å²) >= 11 is 3.28. The third kappa shape index (κ3) is 4.54. The van der Waals surface area contributed by atoms with Crippen LogP contribution < -0.4 is 14.8 Å². The van der Waals surface area contributed by atoms with Gasteiger partial charge in [-0.1, -0.05) is 27.6 Å². The second-order valence-corrected chi connectivity index (χ2v) is 7.41. The number of ether oxygens (including phenoxy) is 1. The quantitative estimate of drug-likeness (QED) is 0.747. The van der Waals surface area contributed by atoms with Crippen LogP contribution in [0.2, 0.25) is 0 Å². The van der Waals surface area contributed by atoms with Gasteiger partial charge in [-0.2, -0.15) is 0 Å². The van der Waals surface area contributed by atoms with Crippen molar-refractivity contribution < 1.29 is 13.2 Å². The van der Waals surface area contributed by atoms with E-state index in [4.69, 9.17) is 4.74 Å². The molecule has 0 spiro atoms. The Kier molecular flexibility index (Phi) is 5.80. The predicted octanol–water partition coefficient (Wildman–Crippen LogP) is 2.05. The summed E-state index contributed by atoms with van der Waals surface area (Å²) in [5, 5.41) is 3.23. The van der Waals surface area contributed by atoms with Gasteiger partial charge in [-0.25, -0.2) is 13.1 Å². The summed E-state index contributed by atoms with van der Waals surface area (Å²) in [6, 6.07) is 4.93. The van der Waals surface area contributed by atoms with E-state index in [0.717, 1.165) is 25.9 Å². The summed E-state index contributed by atoms with van der Waals surface area (Å²) in [5.41, 5.74) is 1.29. The smallest absolute Gasteiger partial charge is 0.244 e. The van der Waals surface area contributed by atoms with Crippen LogP contribution in [0.4, 0.5) is 0 Å². The number of benzene rings is 1. The normalized spacial score (nSPS) is 15.6. The van der Waals surface area contributed by atoms with Crippen molar-refractivity contribution in [2.45, 2.75) is 17.7 Å². The maximum atomic E-state index is 12.4. The molecule has 0 aliphatic carbocycles. The van der Waals surface area contributed by atoms with E-state index in [1.807, 2.05) is 0 Å². The minimum Gasteiger partial charge on any atom is -0.495 e. The highest BCUT2D eigenvalue weighted by Crippen LogP contribution is 2.27. The summed E-state index contributed by atoms with van der Waals surface area (Å²) < 4.78 is 33.2. The molecular formula is C14H19BrN2O3S. The highest BCUT2D eigenvalue weighted by molar-refractivity contribution is 9.10. The molecule has 0 aromatic heterocycles. The average Bonchev–Trinajstić information content (AvgIpc) is 2.48. The minimum absolute atomic E-state index is 0.152. The Bertz CT molecular complexity index is 629. The lowest BCUT2D eigenvalue weighted by Crippen LogP contribution is -2.27. The van der Waals surface area contributed by atoms with Crippen molar-refractivity contribution >= 4 is 26.0 Å². The zero-order valence-corrected chi connectivity index (χ0v) is 14.3. The molecule has 0 bridgehead atoms. The number of rotatable bonds is 6. The number of halogens is 1. The molecule has 7 heteroatoms. The number of hydrogen-bond acceptors (Lipinski definition) is 4. The van der Waals surface area contributed by atoms with Crippen LogP contribution in [0.15, 0.2) is 39.2 Å². The first kappa shape index (κ1) is 16.5. The molecule has 1 heterocycles. The average molecular weight is 375 g/mol. The molecule has 21 heavy (non-hydrogen) atoms. The number of methoxy groups -OCH3 is 1. The lowest BCUT2D eigenvalue weighted by Gasteiger charge is -2.15. The number of nitrogens with one attached hydrogen (secondary N) is 2. The zero-order valence-electron chi connectivity index (χ0n) is 11.9. The molecule has 1 aromatic carbocycles. The Morgan fingerprint density at radius 1 is 1.43 bits per heavy atom. The van der Waals surface area contributed by atoms with Crippen LogP contribution in [0, 0.1) is 0 Å². The predicted molar refractivity (Wildman–Crippen MR) is 86.1 cm³/mol. The van der Waals surface area contributed by atoms with E-state index in [1.165, 1.54) is 12.7 Å². The van der Waals surface area contributed by atoms with Crippen LogP contribution in [0.5, 0.6) is 5.75 Å². The van der Waals surface area contributed by atoms with Gasteiger partial charge >= 0.3 is 0 Å². The maximum Gasteiger partial charge on any atom is 0.244 e. The van der Waals surface area contributed by atoms with Crippen molar-refractivity contribution in [3.8, 4) is 5.75 Å². The fourth-order valence-electron chi connectivity index (χ4n) is 2.18. The monoisotopic (exact) mass is 374 g/mol. The molecule has 1 aliphatic rings. The van der Waals surface area contributed by atoms with Gasteiger partial charge in [0.2, 0.25) is 10.0 Å². The van der Waals surface area contributed by atoms with Crippen molar-refractivity contribution in [2.24, 2.45) is 0 Å². The molecule has 1 aliphatic heterocycles. The van der Waals surface area contributed by atoms with Gasteiger partial charge in [0.1, 0.15) is 10.6 Å². The molecule has 5 nitrogen and oxygen atoms in total. The van der Waals surface area contributed by atoms with Crippen molar-refractivity contribution in [1.29, 1.82) is 0 Å². The lowest BCUT2D eigenvalue weighted by atomic mass is 10.1. The van der Waals surface area contributed by atoms with E-state index in [9.17, 15) is 8.42 Å². The van der Waals surface area contributed by atoms with Gasteiger partial charge in [0.15, 0.2) is 0 Å². The first-order chi connectivity index (χ1) is 10.0. The second-order valence-electron chi connectivity index (χ2n) is 4.76. The standard InChI is InChI=1S/C14H19BrN2O3S/c1-20-13-3-2-12(15)10-14(13)21(18,19)17-9-6-11-4-7-16-8-5-11/h2-4,10,16-17H,5-9H2,1H3. The molecule has 0 radical (unpaired) electrons. The van der Waals surface area contributed by atoms with Crippen molar-refractivity contribution in [2.75, 3.05) is 26.7 Å². The van der Waals surface area contributed by atoms with Gasteiger partial charge in [0, 0.05) is 17.6 Å². The largest absolute Gasteiger partial charge is 0.495 e. The Balaban J connectivity index is 2.04. The first-order valence-electron chi connectivity index (χ1n) is 6.75. The van der Waals surface area contributed by atoms with Gasteiger partial charge in [0.25, 0.3) is 0 Å². The Morgan fingerprint density at radius 2 is 2.24 bits per heavy atom. The fraction of sp³-hybridized carbons (Fsp3) is 0.429. The van der Waals surface area contributed by atoms with Gasteiger partial charge < -0.3 is 10.1 Å². The maximum absolute atomic E-state index is 12.4. The molecule has 0 saturated carbocycles. The topological polar surface area (TPSA) is 67.4 Å². The van der Waals surface area contributed by atoms with E-state index in [1.54, 1.807) is 18.2 Å². The molecule has 2 rings (SSSR count). The van der Waals surface area contributed by atoms with Crippen LogP contribution >= 0.6 is 15.9 Å². The third-order valence-corrected chi connectivity index (χ3v) is 5.29. The summed E-state index contributed by atoms with van der Waals surface area (Å²) in [5.74, 6) is 0.340. The van der Waals surface area contributed by atoms with E-state index in [-0.39, 0.29) is 4.90 Å².